The van der Waals surface area contributed by atoms with Gasteiger partial charge in [0.25, 0.3) is 5.91 Å². The van der Waals surface area contributed by atoms with Crippen LogP contribution in [0.25, 0.3) is 21.3 Å². The van der Waals surface area contributed by atoms with Crippen molar-refractivity contribution < 1.29 is 13.9 Å². The summed E-state index contributed by atoms with van der Waals surface area (Å²) < 4.78 is 21.6. The number of aromatic nitrogens is 4. The summed E-state index contributed by atoms with van der Waals surface area (Å²) in [6.07, 6.45) is 1.84. The summed E-state index contributed by atoms with van der Waals surface area (Å²) in [7, 11) is 0. The van der Waals surface area contributed by atoms with E-state index in [0.29, 0.717) is 28.5 Å². The Morgan fingerprint density at radius 1 is 1.28 bits per heavy atom. The van der Waals surface area contributed by atoms with E-state index in [1.165, 1.54) is 23.5 Å². The van der Waals surface area contributed by atoms with Crippen LogP contribution in [-0.4, -0.2) is 45.1 Å². The summed E-state index contributed by atoms with van der Waals surface area (Å²) in [5, 5.41) is 8.77. The number of benzene rings is 2. The fraction of sp³-hybridized carbons (Fsp3) is 0.300. The first-order valence-electron chi connectivity index (χ1n) is 9.44. The molecule has 1 fully saturated rings. The van der Waals surface area contributed by atoms with Crippen molar-refractivity contribution in [2.24, 2.45) is 0 Å². The number of thiazole rings is 1. The molecule has 0 bridgehead atoms. The molecule has 0 spiro atoms. The number of anilines is 1. The summed E-state index contributed by atoms with van der Waals surface area (Å²) in [4.78, 5) is 19.5. The lowest BCUT2D eigenvalue weighted by Crippen LogP contribution is -2.39. The molecule has 1 aliphatic rings. The molecule has 1 saturated heterocycles. The number of carbonyl (C=O) groups excluding carboxylic acids is 1. The van der Waals surface area contributed by atoms with E-state index in [0.717, 1.165) is 23.9 Å². The van der Waals surface area contributed by atoms with Gasteiger partial charge in [-0.05, 0) is 43.2 Å². The zero-order valence-corrected chi connectivity index (χ0v) is 16.3. The molecule has 2 aromatic carbocycles. The van der Waals surface area contributed by atoms with Crippen LogP contribution in [0.15, 0.2) is 42.5 Å². The number of hydrogen-bond acceptors (Lipinski definition) is 6. The van der Waals surface area contributed by atoms with Gasteiger partial charge in [-0.2, -0.15) is 0 Å². The van der Waals surface area contributed by atoms with Crippen molar-refractivity contribution in [2.45, 2.75) is 25.5 Å². The average Bonchev–Trinajstić information content (AvgIpc) is 3.46. The van der Waals surface area contributed by atoms with Crippen molar-refractivity contribution in [1.82, 2.24) is 20.0 Å². The van der Waals surface area contributed by atoms with E-state index in [1.54, 1.807) is 15.6 Å². The molecule has 1 atom stereocenters. The lowest BCUT2D eigenvalue weighted by molar-refractivity contribution is -0.119. The van der Waals surface area contributed by atoms with Gasteiger partial charge in [0.15, 0.2) is 5.13 Å². The normalized spacial score (nSPS) is 16.7. The van der Waals surface area contributed by atoms with E-state index in [1.807, 2.05) is 24.3 Å². The van der Waals surface area contributed by atoms with Gasteiger partial charge < -0.3 is 4.74 Å². The van der Waals surface area contributed by atoms with Crippen molar-refractivity contribution in [2.75, 3.05) is 18.1 Å². The van der Waals surface area contributed by atoms with Crippen LogP contribution in [0.3, 0.4) is 0 Å². The van der Waals surface area contributed by atoms with Gasteiger partial charge in [-0.15, -0.1) is 5.10 Å². The third kappa shape index (κ3) is 3.58. The van der Waals surface area contributed by atoms with Gasteiger partial charge in [0.1, 0.15) is 17.9 Å². The SMILES string of the molecule is O=C(Cn1nnc2ccccc21)N(CC1CCCO1)c1nc2ccc(F)cc2s1. The molecule has 9 heteroatoms. The molecule has 1 aliphatic heterocycles. The summed E-state index contributed by atoms with van der Waals surface area (Å²) in [6, 6.07) is 12.0. The molecule has 7 nitrogen and oxygen atoms in total. The first kappa shape index (κ1) is 18.1. The first-order valence-corrected chi connectivity index (χ1v) is 10.3. The van der Waals surface area contributed by atoms with Gasteiger partial charge in [0, 0.05) is 6.61 Å². The molecule has 0 saturated carbocycles. The molecule has 0 aliphatic carbocycles. The second kappa shape index (κ2) is 7.49. The van der Waals surface area contributed by atoms with Crippen LogP contribution in [0.4, 0.5) is 9.52 Å². The van der Waals surface area contributed by atoms with E-state index < -0.39 is 0 Å². The highest BCUT2D eigenvalue weighted by Crippen LogP contribution is 2.30. The Balaban J connectivity index is 1.47. The van der Waals surface area contributed by atoms with Crippen LogP contribution in [-0.2, 0) is 16.1 Å². The van der Waals surface area contributed by atoms with E-state index in [-0.39, 0.29) is 24.4 Å². The number of carbonyl (C=O) groups is 1. The second-order valence-corrected chi connectivity index (χ2v) is 7.99. The highest BCUT2D eigenvalue weighted by atomic mass is 32.1. The molecule has 5 rings (SSSR count). The summed E-state index contributed by atoms with van der Waals surface area (Å²) in [5.74, 6) is -0.477. The Morgan fingerprint density at radius 3 is 3.03 bits per heavy atom. The summed E-state index contributed by atoms with van der Waals surface area (Å²) >= 11 is 1.30. The molecule has 4 aromatic rings. The summed E-state index contributed by atoms with van der Waals surface area (Å²) in [6.45, 7) is 1.15. The van der Waals surface area contributed by atoms with Crippen LogP contribution in [0.5, 0.6) is 0 Å². The Morgan fingerprint density at radius 2 is 2.17 bits per heavy atom. The Kier molecular flexibility index (Phi) is 4.69. The van der Waals surface area contributed by atoms with E-state index >= 15 is 0 Å². The van der Waals surface area contributed by atoms with Crippen LogP contribution in [0.2, 0.25) is 0 Å². The van der Waals surface area contributed by atoms with Crippen molar-refractivity contribution in [3.63, 3.8) is 0 Å². The fourth-order valence-corrected chi connectivity index (χ4v) is 4.54. The minimum Gasteiger partial charge on any atom is -0.376 e. The topological polar surface area (TPSA) is 73.1 Å². The van der Waals surface area contributed by atoms with Gasteiger partial charge in [0.05, 0.1) is 28.4 Å². The number of hydrogen-bond donors (Lipinski definition) is 0. The third-order valence-electron chi connectivity index (χ3n) is 4.99. The maximum atomic E-state index is 13.6. The van der Waals surface area contributed by atoms with Crippen molar-refractivity contribution >= 4 is 43.6 Å². The van der Waals surface area contributed by atoms with E-state index in [9.17, 15) is 9.18 Å². The van der Waals surface area contributed by atoms with Gasteiger partial charge in [-0.25, -0.2) is 14.1 Å². The van der Waals surface area contributed by atoms with Crippen molar-refractivity contribution in [3.05, 3.63) is 48.3 Å². The predicted molar refractivity (Wildman–Crippen MR) is 108 cm³/mol. The van der Waals surface area contributed by atoms with Gasteiger partial charge >= 0.3 is 0 Å². The minimum absolute atomic E-state index is 0.0322. The van der Waals surface area contributed by atoms with Crippen LogP contribution in [0.1, 0.15) is 12.8 Å². The molecule has 3 heterocycles. The second-order valence-electron chi connectivity index (χ2n) is 6.98. The molecule has 1 unspecified atom stereocenters. The van der Waals surface area contributed by atoms with Crippen LogP contribution >= 0.6 is 11.3 Å². The molecule has 1 amide bonds. The average molecular weight is 411 g/mol. The van der Waals surface area contributed by atoms with Crippen LogP contribution in [0, 0.1) is 5.82 Å². The van der Waals surface area contributed by atoms with Gasteiger partial charge in [-0.1, -0.05) is 28.7 Å². The van der Waals surface area contributed by atoms with E-state index in [4.69, 9.17) is 4.74 Å². The summed E-state index contributed by atoms with van der Waals surface area (Å²) in [5.41, 5.74) is 2.20. The first-order chi connectivity index (χ1) is 14.2. The zero-order chi connectivity index (χ0) is 19.8. The Labute approximate surface area is 169 Å². The number of rotatable bonds is 5. The molecule has 148 valence electrons. The highest BCUT2D eigenvalue weighted by molar-refractivity contribution is 7.22. The maximum Gasteiger partial charge on any atom is 0.250 e. The lowest BCUT2D eigenvalue weighted by atomic mass is 10.2. The molecule has 0 radical (unpaired) electrons. The monoisotopic (exact) mass is 411 g/mol. The van der Waals surface area contributed by atoms with Crippen molar-refractivity contribution in [3.8, 4) is 0 Å². The Hall–Kier alpha value is -2.91. The molecule has 29 heavy (non-hydrogen) atoms. The number of halogens is 1. The van der Waals surface area contributed by atoms with Crippen LogP contribution < -0.4 is 4.90 Å². The smallest absolute Gasteiger partial charge is 0.250 e. The fourth-order valence-electron chi connectivity index (χ4n) is 3.53. The Bertz CT molecular complexity index is 1180. The standard InChI is InChI=1S/C20H18FN5O2S/c21-13-7-8-16-18(10-13)29-20(22-16)25(11-14-4-3-9-28-14)19(27)12-26-17-6-2-1-5-15(17)23-24-26/h1-2,5-8,10,14H,3-4,9,11-12H2. The predicted octanol–water partition coefficient (Wildman–Crippen LogP) is 3.39. The molecule has 0 N–H and O–H groups in total. The minimum atomic E-state index is -0.321. The number of fused-ring (bicyclic) bond motifs is 2. The van der Waals surface area contributed by atoms with Gasteiger partial charge in [-0.3, -0.25) is 9.69 Å². The van der Waals surface area contributed by atoms with E-state index in [2.05, 4.69) is 15.3 Å². The number of para-hydroxylation sites is 1. The zero-order valence-electron chi connectivity index (χ0n) is 15.5. The highest BCUT2D eigenvalue weighted by Gasteiger charge is 2.27. The number of nitrogens with zero attached hydrogens (tertiary/aromatic N) is 5. The van der Waals surface area contributed by atoms with Gasteiger partial charge in [0.2, 0.25) is 0 Å². The number of ether oxygens (including phenoxy) is 1. The maximum absolute atomic E-state index is 13.6. The molecule has 2 aromatic heterocycles. The molecular weight excluding hydrogens is 393 g/mol. The third-order valence-corrected chi connectivity index (χ3v) is 6.03. The quantitative estimate of drug-likeness (QED) is 0.503. The van der Waals surface area contributed by atoms with Crippen molar-refractivity contribution in [1.29, 1.82) is 0 Å². The lowest BCUT2D eigenvalue weighted by Gasteiger charge is -2.23. The number of amides is 1. The largest absolute Gasteiger partial charge is 0.376 e. The molecular formula is C20H18FN5O2S.